The van der Waals surface area contributed by atoms with Crippen LogP contribution in [0.2, 0.25) is 0 Å². The molecule has 1 rings (SSSR count). The third-order valence-electron chi connectivity index (χ3n) is 2.40. The molecule has 0 amide bonds. The van der Waals surface area contributed by atoms with Crippen molar-refractivity contribution < 1.29 is 13.2 Å². The minimum absolute atomic E-state index is 0.270. The summed E-state index contributed by atoms with van der Waals surface area (Å²) in [6.45, 7) is 1.85. The van der Waals surface area contributed by atoms with Gasteiger partial charge >= 0.3 is 6.18 Å². The molecular formula is C13H11F3N2. The first-order chi connectivity index (χ1) is 8.42. The smallest absolute Gasteiger partial charge is 0.372 e. The van der Waals surface area contributed by atoms with E-state index in [-0.39, 0.29) is 6.04 Å². The summed E-state index contributed by atoms with van der Waals surface area (Å²) in [5.41, 5.74) is -0.951. The van der Waals surface area contributed by atoms with E-state index < -0.39 is 17.3 Å². The highest BCUT2D eigenvalue weighted by Gasteiger charge is 2.33. The maximum atomic E-state index is 12.6. The molecule has 1 unspecified atom stereocenters. The summed E-state index contributed by atoms with van der Waals surface area (Å²) in [5, 5.41) is 11.6. The number of halogens is 3. The van der Waals surface area contributed by atoms with Crippen LogP contribution in [0.1, 0.15) is 24.5 Å². The average Bonchev–Trinajstić information content (AvgIpc) is 2.34. The van der Waals surface area contributed by atoms with Gasteiger partial charge in [0.1, 0.15) is 0 Å². The average molecular weight is 252 g/mol. The molecule has 0 aliphatic heterocycles. The Morgan fingerprint density at radius 1 is 1.44 bits per heavy atom. The lowest BCUT2D eigenvalue weighted by Crippen LogP contribution is -2.16. The number of hydrogen-bond donors (Lipinski definition) is 1. The van der Waals surface area contributed by atoms with Crippen LogP contribution in [-0.2, 0) is 6.18 Å². The standard InChI is InChI=1S/C13H11F3N2/c1-3-10(4-2)18-11-5-6-12(13(14,15)16)9(7-11)8-17/h1,5-7,10,18H,4H2,2H3. The van der Waals surface area contributed by atoms with Crippen LogP contribution in [0.3, 0.4) is 0 Å². The zero-order chi connectivity index (χ0) is 13.8. The molecule has 18 heavy (non-hydrogen) atoms. The van der Waals surface area contributed by atoms with Crippen molar-refractivity contribution in [3.8, 4) is 18.4 Å². The molecule has 5 heteroatoms. The van der Waals surface area contributed by atoms with E-state index in [1.165, 1.54) is 6.07 Å². The molecule has 94 valence electrons. The fourth-order valence-electron chi connectivity index (χ4n) is 1.44. The van der Waals surface area contributed by atoms with Crippen LogP contribution < -0.4 is 5.32 Å². The summed E-state index contributed by atoms with van der Waals surface area (Å²) in [6.07, 6.45) is 1.35. The third kappa shape index (κ3) is 3.18. The van der Waals surface area contributed by atoms with Crippen LogP contribution in [0.4, 0.5) is 18.9 Å². The van der Waals surface area contributed by atoms with Gasteiger partial charge in [-0.3, -0.25) is 0 Å². The highest BCUT2D eigenvalue weighted by Crippen LogP contribution is 2.33. The lowest BCUT2D eigenvalue weighted by molar-refractivity contribution is -0.137. The van der Waals surface area contributed by atoms with Gasteiger partial charge < -0.3 is 5.32 Å². The summed E-state index contributed by atoms with van der Waals surface area (Å²) in [5.74, 6) is 2.47. The molecule has 1 aromatic carbocycles. The van der Waals surface area contributed by atoms with Gasteiger partial charge in [0.2, 0.25) is 0 Å². The van der Waals surface area contributed by atoms with E-state index in [0.717, 1.165) is 12.1 Å². The van der Waals surface area contributed by atoms with Gasteiger partial charge in [-0.25, -0.2) is 0 Å². The Kier molecular flexibility index (Phi) is 4.23. The van der Waals surface area contributed by atoms with E-state index in [0.29, 0.717) is 12.1 Å². The van der Waals surface area contributed by atoms with Crippen molar-refractivity contribution in [2.45, 2.75) is 25.6 Å². The number of terminal acetylenes is 1. The molecule has 0 spiro atoms. The molecule has 0 saturated carbocycles. The SMILES string of the molecule is C#CC(CC)Nc1ccc(C(F)(F)F)c(C#N)c1. The summed E-state index contributed by atoms with van der Waals surface area (Å²) < 4.78 is 37.7. The number of nitrogens with one attached hydrogen (secondary N) is 1. The number of hydrogen-bond acceptors (Lipinski definition) is 2. The molecule has 0 aromatic heterocycles. The topological polar surface area (TPSA) is 35.8 Å². The van der Waals surface area contributed by atoms with Crippen LogP contribution in [0, 0.1) is 23.7 Å². The van der Waals surface area contributed by atoms with Crippen molar-refractivity contribution in [1.29, 1.82) is 5.26 Å². The first-order valence-electron chi connectivity index (χ1n) is 5.26. The molecule has 1 atom stereocenters. The quantitative estimate of drug-likeness (QED) is 0.837. The Labute approximate surface area is 103 Å². The molecule has 0 aliphatic carbocycles. The minimum Gasteiger partial charge on any atom is -0.372 e. The Bertz CT molecular complexity index is 506. The second-order valence-corrected chi connectivity index (χ2v) is 3.64. The zero-order valence-corrected chi connectivity index (χ0v) is 9.67. The number of nitriles is 1. The van der Waals surface area contributed by atoms with Gasteiger partial charge in [-0.05, 0) is 24.6 Å². The van der Waals surface area contributed by atoms with Crippen molar-refractivity contribution in [3.63, 3.8) is 0 Å². The summed E-state index contributed by atoms with van der Waals surface area (Å²) in [7, 11) is 0. The van der Waals surface area contributed by atoms with Crippen LogP contribution in [-0.4, -0.2) is 6.04 Å². The van der Waals surface area contributed by atoms with Crippen LogP contribution in [0.5, 0.6) is 0 Å². The van der Waals surface area contributed by atoms with Crippen LogP contribution in [0.25, 0.3) is 0 Å². The van der Waals surface area contributed by atoms with Crippen molar-refractivity contribution in [1.82, 2.24) is 0 Å². The predicted octanol–water partition coefficient (Wildman–Crippen LogP) is 3.40. The monoisotopic (exact) mass is 252 g/mol. The van der Waals surface area contributed by atoms with E-state index >= 15 is 0 Å². The molecule has 1 N–H and O–H groups in total. The molecule has 0 aliphatic rings. The predicted molar refractivity (Wildman–Crippen MR) is 62.7 cm³/mol. The molecule has 0 saturated heterocycles. The second kappa shape index (κ2) is 5.46. The highest BCUT2D eigenvalue weighted by molar-refractivity contribution is 5.54. The number of rotatable bonds is 3. The number of anilines is 1. The van der Waals surface area contributed by atoms with Crippen molar-refractivity contribution in [3.05, 3.63) is 29.3 Å². The Hall–Kier alpha value is -2.14. The Morgan fingerprint density at radius 2 is 2.11 bits per heavy atom. The van der Waals surface area contributed by atoms with E-state index in [9.17, 15) is 13.2 Å². The fraction of sp³-hybridized carbons (Fsp3) is 0.308. The first kappa shape index (κ1) is 13.9. The van der Waals surface area contributed by atoms with E-state index in [1.807, 2.05) is 6.92 Å². The maximum absolute atomic E-state index is 12.6. The number of benzene rings is 1. The normalized spacial score (nSPS) is 12.3. The summed E-state index contributed by atoms with van der Waals surface area (Å²) in [4.78, 5) is 0. The van der Waals surface area contributed by atoms with Gasteiger partial charge in [0.25, 0.3) is 0 Å². The highest BCUT2D eigenvalue weighted by atomic mass is 19.4. The van der Waals surface area contributed by atoms with Crippen molar-refractivity contribution >= 4 is 5.69 Å². The third-order valence-corrected chi connectivity index (χ3v) is 2.40. The van der Waals surface area contributed by atoms with Crippen LogP contribution >= 0.6 is 0 Å². The molecule has 0 bridgehead atoms. The van der Waals surface area contributed by atoms with Crippen molar-refractivity contribution in [2.24, 2.45) is 0 Å². The maximum Gasteiger partial charge on any atom is 0.417 e. The van der Waals surface area contributed by atoms with Gasteiger partial charge in [-0.1, -0.05) is 12.8 Å². The molecular weight excluding hydrogens is 241 g/mol. The molecule has 0 fully saturated rings. The van der Waals surface area contributed by atoms with Gasteiger partial charge in [0, 0.05) is 5.69 Å². The zero-order valence-electron chi connectivity index (χ0n) is 9.67. The van der Waals surface area contributed by atoms with Crippen LogP contribution in [0.15, 0.2) is 18.2 Å². The largest absolute Gasteiger partial charge is 0.417 e. The van der Waals surface area contributed by atoms with E-state index in [2.05, 4.69) is 11.2 Å². The van der Waals surface area contributed by atoms with Gasteiger partial charge in [0.15, 0.2) is 0 Å². The fourth-order valence-corrected chi connectivity index (χ4v) is 1.44. The Balaban J connectivity index is 3.08. The summed E-state index contributed by atoms with van der Waals surface area (Å²) >= 11 is 0. The second-order valence-electron chi connectivity index (χ2n) is 3.64. The van der Waals surface area contributed by atoms with Gasteiger partial charge in [0.05, 0.1) is 23.2 Å². The van der Waals surface area contributed by atoms with E-state index in [1.54, 1.807) is 6.07 Å². The minimum atomic E-state index is -4.53. The number of nitrogens with zero attached hydrogens (tertiary/aromatic N) is 1. The lowest BCUT2D eigenvalue weighted by Gasteiger charge is -2.14. The summed E-state index contributed by atoms with van der Waals surface area (Å²) in [6, 6.07) is 4.57. The molecule has 1 aromatic rings. The molecule has 0 heterocycles. The first-order valence-corrected chi connectivity index (χ1v) is 5.26. The van der Waals surface area contributed by atoms with Gasteiger partial charge in [-0.15, -0.1) is 6.42 Å². The van der Waals surface area contributed by atoms with E-state index in [4.69, 9.17) is 11.7 Å². The van der Waals surface area contributed by atoms with Crippen molar-refractivity contribution in [2.75, 3.05) is 5.32 Å². The lowest BCUT2D eigenvalue weighted by atomic mass is 10.1. The molecule has 0 radical (unpaired) electrons. The Morgan fingerprint density at radius 3 is 2.56 bits per heavy atom. The number of alkyl halides is 3. The molecule has 2 nitrogen and oxygen atoms in total. The van der Waals surface area contributed by atoms with Gasteiger partial charge in [-0.2, -0.15) is 18.4 Å².